The second kappa shape index (κ2) is 8.21. The predicted octanol–water partition coefficient (Wildman–Crippen LogP) is 1.51. The number of sulfonamides is 1. The van der Waals surface area contributed by atoms with Gasteiger partial charge in [-0.05, 0) is 29.8 Å². The highest BCUT2D eigenvalue weighted by atomic mass is 32.2. The molecule has 0 aliphatic carbocycles. The number of rotatable bonds is 7. The third-order valence-electron chi connectivity index (χ3n) is 3.24. The summed E-state index contributed by atoms with van der Waals surface area (Å²) >= 11 is 0. The van der Waals surface area contributed by atoms with E-state index in [9.17, 15) is 23.3 Å². The van der Waals surface area contributed by atoms with E-state index in [1.54, 1.807) is 30.3 Å². The van der Waals surface area contributed by atoms with Gasteiger partial charge in [0.05, 0.1) is 23.1 Å². The molecule has 0 radical (unpaired) electrons. The summed E-state index contributed by atoms with van der Waals surface area (Å²) in [5, 5.41) is 14.3. The van der Waals surface area contributed by atoms with E-state index in [2.05, 4.69) is 10.5 Å². The summed E-state index contributed by atoms with van der Waals surface area (Å²) in [4.78, 5) is 22.0. The molecule has 0 saturated heterocycles. The number of hydrogen-bond acceptors (Lipinski definition) is 6. The molecule has 1 amide bonds. The average Bonchev–Trinajstić information content (AvgIpc) is 2.60. The van der Waals surface area contributed by atoms with Crippen LogP contribution in [0.3, 0.4) is 0 Å². The number of carbonyl (C=O) groups excluding carboxylic acids is 1. The second-order valence-corrected chi connectivity index (χ2v) is 7.15. The molecular formula is C16H16N4O5S. The molecule has 2 rings (SSSR count). The maximum absolute atomic E-state index is 12.0. The van der Waals surface area contributed by atoms with Gasteiger partial charge in [0.2, 0.25) is 10.0 Å². The minimum Gasteiger partial charge on any atom is -0.271 e. The lowest BCUT2D eigenvalue weighted by Crippen LogP contribution is -2.38. The van der Waals surface area contributed by atoms with Crippen LogP contribution in [0.25, 0.3) is 0 Å². The summed E-state index contributed by atoms with van der Waals surface area (Å²) in [6.07, 6.45) is 2.31. The number of nitro groups is 1. The first-order chi connectivity index (χ1) is 12.3. The summed E-state index contributed by atoms with van der Waals surface area (Å²) in [6, 6.07) is 13.8. The van der Waals surface area contributed by atoms with Gasteiger partial charge >= 0.3 is 0 Å². The van der Waals surface area contributed by atoms with Gasteiger partial charge in [-0.15, -0.1) is 0 Å². The fraction of sp³-hybridized carbons (Fsp3) is 0.125. The molecule has 0 aliphatic rings. The van der Waals surface area contributed by atoms with Gasteiger partial charge in [0.1, 0.15) is 6.54 Å². The van der Waals surface area contributed by atoms with Crippen molar-refractivity contribution in [1.29, 1.82) is 0 Å². The van der Waals surface area contributed by atoms with Crippen LogP contribution in [0.1, 0.15) is 5.56 Å². The van der Waals surface area contributed by atoms with E-state index >= 15 is 0 Å². The number of hydrogen-bond donors (Lipinski definition) is 1. The molecule has 2 aromatic rings. The Balaban J connectivity index is 2.01. The monoisotopic (exact) mass is 376 g/mol. The molecule has 0 saturated carbocycles. The average molecular weight is 376 g/mol. The highest BCUT2D eigenvalue weighted by molar-refractivity contribution is 7.92. The lowest BCUT2D eigenvalue weighted by Gasteiger charge is -2.21. The minimum atomic E-state index is -3.65. The standard InChI is InChI=1S/C16H16N4O5S/c1-26(24,25)19(14-5-3-2-4-6-14)12-16(21)18-17-11-13-7-9-15(10-8-13)20(22)23/h2-11H,12H2,1H3,(H,18,21). The molecule has 9 nitrogen and oxygen atoms in total. The number of hydrazone groups is 1. The summed E-state index contributed by atoms with van der Waals surface area (Å²) in [7, 11) is -3.65. The van der Waals surface area contributed by atoms with Crippen molar-refractivity contribution in [2.24, 2.45) is 5.10 Å². The number of benzene rings is 2. The fourth-order valence-corrected chi connectivity index (χ4v) is 2.88. The smallest absolute Gasteiger partial charge is 0.269 e. The Hall–Kier alpha value is -3.27. The van der Waals surface area contributed by atoms with Crippen LogP contribution in [0.15, 0.2) is 59.7 Å². The molecular weight excluding hydrogens is 360 g/mol. The number of amides is 1. The highest BCUT2D eigenvalue weighted by Crippen LogP contribution is 2.16. The zero-order valence-electron chi connectivity index (χ0n) is 13.8. The Bertz CT molecular complexity index is 911. The molecule has 0 heterocycles. The maximum Gasteiger partial charge on any atom is 0.269 e. The van der Waals surface area contributed by atoms with E-state index in [0.717, 1.165) is 10.6 Å². The minimum absolute atomic E-state index is 0.0576. The zero-order valence-corrected chi connectivity index (χ0v) is 14.6. The Morgan fingerprint density at radius 2 is 1.81 bits per heavy atom. The van der Waals surface area contributed by atoms with Gasteiger partial charge in [-0.1, -0.05) is 18.2 Å². The maximum atomic E-state index is 12.0. The molecule has 0 fully saturated rings. The Kier molecular flexibility index (Phi) is 6.02. The van der Waals surface area contributed by atoms with Gasteiger partial charge in [0.25, 0.3) is 11.6 Å². The third-order valence-corrected chi connectivity index (χ3v) is 4.38. The first-order valence-corrected chi connectivity index (χ1v) is 9.21. The largest absolute Gasteiger partial charge is 0.271 e. The lowest BCUT2D eigenvalue weighted by atomic mass is 10.2. The van der Waals surface area contributed by atoms with Crippen molar-refractivity contribution in [2.75, 3.05) is 17.1 Å². The van der Waals surface area contributed by atoms with E-state index in [-0.39, 0.29) is 5.69 Å². The quantitative estimate of drug-likeness (QED) is 0.446. The Morgan fingerprint density at radius 3 is 2.35 bits per heavy atom. The van der Waals surface area contributed by atoms with Gasteiger partial charge in [-0.3, -0.25) is 19.2 Å². The van der Waals surface area contributed by atoms with E-state index in [0.29, 0.717) is 11.3 Å². The van der Waals surface area contributed by atoms with E-state index in [4.69, 9.17) is 0 Å². The number of nitrogens with zero attached hydrogens (tertiary/aromatic N) is 3. The summed E-state index contributed by atoms with van der Waals surface area (Å²) in [5.41, 5.74) is 3.08. The molecule has 136 valence electrons. The topological polar surface area (TPSA) is 122 Å². The molecule has 1 N–H and O–H groups in total. The van der Waals surface area contributed by atoms with Crippen LogP contribution in [0.4, 0.5) is 11.4 Å². The molecule has 0 aromatic heterocycles. The van der Waals surface area contributed by atoms with Crippen LogP contribution in [0, 0.1) is 10.1 Å². The predicted molar refractivity (Wildman–Crippen MR) is 97.5 cm³/mol. The second-order valence-electron chi connectivity index (χ2n) is 5.25. The van der Waals surface area contributed by atoms with Crippen molar-refractivity contribution in [2.45, 2.75) is 0 Å². The van der Waals surface area contributed by atoms with Crippen molar-refractivity contribution in [3.8, 4) is 0 Å². The highest BCUT2D eigenvalue weighted by Gasteiger charge is 2.20. The van der Waals surface area contributed by atoms with E-state index in [1.165, 1.54) is 30.5 Å². The van der Waals surface area contributed by atoms with Crippen LogP contribution < -0.4 is 9.73 Å². The third kappa shape index (κ3) is 5.38. The SMILES string of the molecule is CS(=O)(=O)N(CC(=O)NN=Cc1ccc([N+](=O)[O-])cc1)c1ccccc1. The number of carbonyl (C=O) groups is 1. The van der Waals surface area contributed by atoms with E-state index < -0.39 is 27.4 Å². The number of non-ortho nitro benzene ring substituents is 1. The number of para-hydroxylation sites is 1. The first-order valence-electron chi connectivity index (χ1n) is 7.36. The van der Waals surface area contributed by atoms with Crippen molar-refractivity contribution in [3.05, 3.63) is 70.3 Å². The van der Waals surface area contributed by atoms with Gasteiger partial charge in [0, 0.05) is 12.1 Å². The number of nitrogens with one attached hydrogen (secondary N) is 1. The molecule has 0 unspecified atom stereocenters. The van der Waals surface area contributed by atoms with Crippen molar-refractivity contribution in [1.82, 2.24) is 5.43 Å². The summed E-state index contributed by atoms with van der Waals surface area (Å²) < 4.78 is 24.8. The van der Waals surface area contributed by atoms with Crippen LogP contribution in [-0.4, -0.2) is 38.3 Å². The Morgan fingerprint density at radius 1 is 1.19 bits per heavy atom. The zero-order chi connectivity index (χ0) is 19.2. The fourth-order valence-electron chi connectivity index (χ4n) is 2.02. The molecule has 0 bridgehead atoms. The van der Waals surface area contributed by atoms with Gasteiger partial charge in [-0.25, -0.2) is 13.8 Å². The lowest BCUT2D eigenvalue weighted by molar-refractivity contribution is -0.384. The van der Waals surface area contributed by atoms with Crippen LogP contribution in [-0.2, 0) is 14.8 Å². The van der Waals surface area contributed by atoms with Crippen molar-refractivity contribution < 1.29 is 18.1 Å². The normalized spacial score (nSPS) is 11.3. The molecule has 0 aliphatic heterocycles. The molecule has 0 spiro atoms. The van der Waals surface area contributed by atoms with Crippen LogP contribution >= 0.6 is 0 Å². The molecule has 10 heteroatoms. The van der Waals surface area contributed by atoms with Gasteiger partial charge < -0.3 is 0 Å². The molecule has 26 heavy (non-hydrogen) atoms. The van der Waals surface area contributed by atoms with Crippen molar-refractivity contribution in [3.63, 3.8) is 0 Å². The van der Waals surface area contributed by atoms with E-state index in [1.807, 2.05) is 0 Å². The number of nitro benzene ring substituents is 1. The molecule has 2 aromatic carbocycles. The van der Waals surface area contributed by atoms with Gasteiger partial charge in [0.15, 0.2) is 0 Å². The summed E-state index contributed by atoms with van der Waals surface area (Å²) in [5.74, 6) is -0.627. The number of anilines is 1. The van der Waals surface area contributed by atoms with Crippen LogP contribution in [0.5, 0.6) is 0 Å². The van der Waals surface area contributed by atoms with Crippen molar-refractivity contribution >= 4 is 33.5 Å². The molecule has 0 atom stereocenters. The Labute approximate surface area is 150 Å². The summed E-state index contributed by atoms with van der Waals surface area (Å²) in [6.45, 7) is -0.430. The van der Waals surface area contributed by atoms with Gasteiger partial charge in [-0.2, -0.15) is 5.10 Å². The first kappa shape index (κ1) is 19.1. The van der Waals surface area contributed by atoms with Crippen LogP contribution in [0.2, 0.25) is 0 Å².